The Balaban J connectivity index is 3.26. The Morgan fingerprint density at radius 2 is 2.00 bits per heavy atom. The van der Waals surface area contributed by atoms with E-state index in [0.717, 1.165) is 11.1 Å². The number of hydrogen-bond acceptors (Lipinski definition) is 2. The van der Waals surface area contributed by atoms with Gasteiger partial charge in [-0.3, -0.25) is 4.79 Å². The molecule has 0 aliphatic rings. The fourth-order valence-electron chi connectivity index (χ4n) is 1.41. The highest BCUT2D eigenvalue weighted by Crippen LogP contribution is 2.25. The second-order valence-corrected chi connectivity index (χ2v) is 3.71. The fourth-order valence-corrected chi connectivity index (χ4v) is 1.41. The molecule has 3 heteroatoms. The number of phenolic OH excluding ortho intramolecular Hbond substituents is 1. The molecule has 0 aliphatic heterocycles. The molecule has 3 nitrogen and oxygen atoms in total. The molecule has 0 spiro atoms. The van der Waals surface area contributed by atoms with Gasteiger partial charge in [-0.25, -0.2) is 0 Å². The third kappa shape index (κ3) is 2.59. The van der Waals surface area contributed by atoms with E-state index >= 15 is 0 Å². The van der Waals surface area contributed by atoms with Gasteiger partial charge in [0.05, 0.1) is 0 Å². The van der Waals surface area contributed by atoms with Crippen molar-refractivity contribution in [2.75, 3.05) is 0 Å². The Morgan fingerprint density at radius 3 is 2.53 bits per heavy atom. The molecule has 0 radical (unpaired) electrons. The molecule has 0 bridgehead atoms. The monoisotopic (exact) mass is 205 g/mol. The molecule has 0 heterocycles. The van der Waals surface area contributed by atoms with Gasteiger partial charge in [0.15, 0.2) is 0 Å². The van der Waals surface area contributed by atoms with Crippen molar-refractivity contribution >= 4 is 12.0 Å². The highest BCUT2D eigenvalue weighted by Gasteiger charge is 2.05. The van der Waals surface area contributed by atoms with E-state index < -0.39 is 5.91 Å². The number of rotatable bonds is 2. The third-order valence-corrected chi connectivity index (χ3v) is 2.23. The highest BCUT2D eigenvalue weighted by molar-refractivity contribution is 5.96. The van der Waals surface area contributed by atoms with Gasteiger partial charge in [0.2, 0.25) is 5.91 Å². The van der Waals surface area contributed by atoms with Gasteiger partial charge in [0.25, 0.3) is 0 Å². The quantitative estimate of drug-likeness (QED) is 0.724. The maximum absolute atomic E-state index is 10.9. The number of phenols is 1. The lowest BCUT2D eigenvalue weighted by Gasteiger charge is -2.06. The zero-order chi connectivity index (χ0) is 11.6. The van der Waals surface area contributed by atoms with Crippen molar-refractivity contribution in [2.45, 2.75) is 20.8 Å². The summed E-state index contributed by atoms with van der Waals surface area (Å²) in [6, 6.07) is 3.70. The minimum Gasteiger partial charge on any atom is -0.507 e. The van der Waals surface area contributed by atoms with E-state index in [1.807, 2.05) is 26.0 Å². The highest BCUT2D eigenvalue weighted by atomic mass is 16.3. The van der Waals surface area contributed by atoms with Crippen LogP contribution >= 0.6 is 0 Å². The molecule has 0 aromatic heterocycles. The number of carbonyl (C=O) groups is 1. The minimum atomic E-state index is -0.478. The number of primary amides is 1. The molecule has 15 heavy (non-hydrogen) atoms. The summed E-state index contributed by atoms with van der Waals surface area (Å²) in [7, 11) is 0. The van der Waals surface area contributed by atoms with E-state index in [9.17, 15) is 9.90 Å². The summed E-state index contributed by atoms with van der Waals surface area (Å²) >= 11 is 0. The zero-order valence-corrected chi connectivity index (χ0v) is 9.16. The molecule has 1 amide bonds. The lowest BCUT2D eigenvalue weighted by Crippen LogP contribution is -2.11. The first-order valence-corrected chi connectivity index (χ1v) is 4.70. The van der Waals surface area contributed by atoms with Crippen LogP contribution in [0.15, 0.2) is 17.7 Å². The molecule has 0 aliphatic carbocycles. The first kappa shape index (κ1) is 11.3. The molecule has 0 saturated heterocycles. The maximum atomic E-state index is 10.9. The first-order valence-electron chi connectivity index (χ1n) is 4.70. The summed E-state index contributed by atoms with van der Waals surface area (Å²) in [5.41, 5.74) is 8.00. The van der Waals surface area contributed by atoms with Crippen LogP contribution in [0.25, 0.3) is 6.08 Å². The SMILES string of the molecule is C/C(=C\c1cc(C)cc(C)c1O)C(N)=O. The second kappa shape index (κ2) is 4.17. The van der Waals surface area contributed by atoms with Crippen LogP contribution in [-0.2, 0) is 4.79 Å². The number of aryl methyl sites for hydroxylation is 2. The fraction of sp³-hybridized carbons (Fsp3) is 0.250. The maximum Gasteiger partial charge on any atom is 0.244 e. The summed E-state index contributed by atoms with van der Waals surface area (Å²) < 4.78 is 0. The molecule has 1 aromatic rings. The van der Waals surface area contributed by atoms with Crippen molar-refractivity contribution in [2.24, 2.45) is 5.73 Å². The van der Waals surface area contributed by atoms with Gasteiger partial charge in [-0.15, -0.1) is 0 Å². The lowest BCUT2D eigenvalue weighted by molar-refractivity contribution is -0.114. The van der Waals surface area contributed by atoms with E-state index in [1.54, 1.807) is 13.0 Å². The zero-order valence-electron chi connectivity index (χ0n) is 9.16. The Labute approximate surface area is 89.2 Å². The summed E-state index contributed by atoms with van der Waals surface area (Å²) in [5, 5.41) is 9.76. The summed E-state index contributed by atoms with van der Waals surface area (Å²) in [5.74, 6) is -0.283. The molecule has 1 aromatic carbocycles. The number of benzene rings is 1. The summed E-state index contributed by atoms with van der Waals surface area (Å²) in [6.45, 7) is 5.38. The predicted octanol–water partition coefficient (Wildman–Crippen LogP) is 1.90. The number of hydrogen-bond donors (Lipinski definition) is 2. The van der Waals surface area contributed by atoms with Gasteiger partial charge in [-0.1, -0.05) is 11.6 Å². The second-order valence-electron chi connectivity index (χ2n) is 3.71. The van der Waals surface area contributed by atoms with Crippen LogP contribution in [0, 0.1) is 13.8 Å². The van der Waals surface area contributed by atoms with Crippen LogP contribution in [-0.4, -0.2) is 11.0 Å². The van der Waals surface area contributed by atoms with Gasteiger partial charge < -0.3 is 10.8 Å². The van der Waals surface area contributed by atoms with E-state index in [-0.39, 0.29) is 5.75 Å². The van der Waals surface area contributed by atoms with Crippen molar-refractivity contribution in [1.82, 2.24) is 0 Å². The third-order valence-electron chi connectivity index (χ3n) is 2.23. The molecule has 0 atom stereocenters. The van der Waals surface area contributed by atoms with Gasteiger partial charge >= 0.3 is 0 Å². The molecular weight excluding hydrogens is 190 g/mol. The van der Waals surface area contributed by atoms with Crippen molar-refractivity contribution in [1.29, 1.82) is 0 Å². The topological polar surface area (TPSA) is 63.3 Å². The van der Waals surface area contributed by atoms with Gasteiger partial charge in [0.1, 0.15) is 5.75 Å². The number of nitrogens with two attached hydrogens (primary N) is 1. The van der Waals surface area contributed by atoms with E-state index in [1.165, 1.54) is 0 Å². The normalized spacial score (nSPS) is 11.5. The van der Waals surface area contributed by atoms with Crippen molar-refractivity contribution in [3.8, 4) is 5.75 Å². The number of aromatic hydroxyl groups is 1. The van der Waals surface area contributed by atoms with Gasteiger partial charge in [-0.05, 0) is 38.5 Å². The Kier molecular flexibility index (Phi) is 3.14. The Morgan fingerprint density at radius 1 is 1.40 bits per heavy atom. The van der Waals surface area contributed by atoms with Crippen LogP contribution in [0.4, 0.5) is 0 Å². The van der Waals surface area contributed by atoms with E-state index in [2.05, 4.69) is 0 Å². The molecule has 80 valence electrons. The molecule has 3 N–H and O–H groups in total. The predicted molar refractivity (Wildman–Crippen MR) is 60.4 cm³/mol. The number of amides is 1. The molecule has 0 fully saturated rings. The first-order chi connectivity index (χ1) is 6.91. The van der Waals surface area contributed by atoms with Crippen LogP contribution in [0.3, 0.4) is 0 Å². The number of carbonyl (C=O) groups excluding carboxylic acids is 1. The van der Waals surface area contributed by atoms with Crippen LogP contribution in [0.2, 0.25) is 0 Å². The van der Waals surface area contributed by atoms with E-state index in [4.69, 9.17) is 5.73 Å². The molecule has 0 unspecified atom stereocenters. The smallest absolute Gasteiger partial charge is 0.244 e. The van der Waals surface area contributed by atoms with Crippen LogP contribution in [0.1, 0.15) is 23.6 Å². The Hall–Kier alpha value is -1.77. The van der Waals surface area contributed by atoms with Crippen LogP contribution < -0.4 is 5.73 Å². The molecule has 1 rings (SSSR count). The average Bonchev–Trinajstić information content (AvgIpc) is 2.13. The summed E-state index contributed by atoms with van der Waals surface area (Å²) in [4.78, 5) is 10.9. The van der Waals surface area contributed by atoms with Gasteiger partial charge in [0, 0.05) is 11.1 Å². The van der Waals surface area contributed by atoms with E-state index in [0.29, 0.717) is 11.1 Å². The largest absolute Gasteiger partial charge is 0.507 e. The van der Waals surface area contributed by atoms with Crippen LogP contribution in [0.5, 0.6) is 5.75 Å². The van der Waals surface area contributed by atoms with Crippen molar-refractivity contribution in [3.63, 3.8) is 0 Å². The minimum absolute atomic E-state index is 0.196. The van der Waals surface area contributed by atoms with Crippen molar-refractivity contribution < 1.29 is 9.90 Å². The average molecular weight is 205 g/mol. The van der Waals surface area contributed by atoms with Crippen molar-refractivity contribution in [3.05, 3.63) is 34.4 Å². The lowest BCUT2D eigenvalue weighted by atomic mass is 10.0. The molecular formula is C12H15NO2. The summed E-state index contributed by atoms with van der Waals surface area (Å²) in [6.07, 6.45) is 1.59. The molecule has 0 saturated carbocycles. The standard InChI is InChI=1S/C12H15NO2/c1-7-4-8(2)11(14)10(5-7)6-9(3)12(13)15/h4-6,14H,1-3H3,(H2,13,15)/b9-6+. The Bertz CT molecular complexity index is 433. The van der Waals surface area contributed by atoms with Gasteiger partial charge in [-0.2, -0.15) is 0 Å².